The molecule has 98 valence electrons. The van der Waals surface area contributed by atoms with Gasteiger partial charge in [-0.05, 0) is 18.2 Å². The fourth-order valence-corrected chi connectivity index (χ4v) is 2.22. The van der Waals surface area contributed by atoms with Gasteiger partial charge in [-0.3, -0.25) is 0 Å². The van der Waals surface area contributed by atoms with E-state index in [4.69, 9.17) is 21.4 Å². The minimum absolute atomic E-state index is 0.0551. The molecule has 2 rings (SSSR count). The molecule has 1 N–H and O–H groups in total. The maximum atomic E-state index is 11.1. The third kappa shape index (κ3) is 3.28. The van der Waals surface area contributed by atoms with Gasteiger partial charge in [-0.2, -0.15) is 0 Å². The molecule has 0 atom stereocenters. The van der Waals surface area contributed by atoms with Crippen molar-refractivity contribution in [3.63, 3.8) is 0 Å². The van der Waals surface area contributed by atoms with E-state index >= 15 is 0 Å². The lowest BCUT2D eigenvalue weighted by atomic mass is 10.2. The van der Waals surface area contributed by atoms with Crippen molar-refractivity contribution in [3.8, 4) is 5.75 Å². The van der Waals surface area contributed by atoms with Gasteiger partial charge in [0.25, 0.3) is 0 Å². The summed E-state index contributed by atoms with van der Waals surface area (Å²) in [5.74, 6) is -0.878. The van der Waals surface area contributed by atoms with Gasteiger partial charge in [-0.15, -0.1) is 0 Å². The largest absolute Gasteiger partial charge is 0.486 e. The van der Waals surface area contributed by atoms with Crippen LogP contribution in [0.5, 0.6) is 5.75 Å². The van der Waals surface area contributed by atoms with Crippen molar-refractivity contribution in [2.24, 2.45) is 0 Å². The fourth-order valence-electron chi connectivity index (χ4n) is 1.59. The Labute approximate surface area is 123 Å². The van der Waals surface area contributed by atoms with E-state index in [9.17, 15) is 4.79 Å². The smallest absolute Gasteiger partial charge is 0.339 e. The summed E-state index contributed by atoms with van der Waals surface area (Å²) in [4.78, 5) is 11.1. The molecule has 0 bridgehead atoms. The Morgan fingerprint density at radius 1 is 1.21 bits per heavy atom. The number of aromatic carboxylic acids is 1. The number of benzene rings is 2. The number of rotatable bonds is 4. The van der Waals surface area contributed by atoms with E-state index < -0.39 is 5.97 Å². The van der Waals surface area contributed by atoms with E-state index in [1.165, 1.54) is 6.07 Å². The Morgan fingerprint density at radius 3 is 2.63 bits per heavy atom. The maximum absolute atomic E-state index is 11.1. The molecule has 0 fully saturated rings. The van der Waals surface area contributed by atoms with Crippen molar-refractivity contribution in [1.82, 2.24) is 0 Å². The van der Waals surface area contributed by atoms with Crippen LogP contribution in [0.4, 0.5) is 0 Å². The summed E-state index contributed by atoms with van der Waals surface area (Å²) < 4.78 is 6.46. The van der Waals surface area contributed by atoms with Crippen LogP contribution in [0.2, 0.25) is 5.02 Å². The first-order valence-corrected chi connectivity index (χ1v) is 6.64. The van der Waals surface area contributed by atoms with Crippen LogP contribution in [-0.2, 0) is 6.61 Å². The molecule has 0 saturated carbocycles. The zero-order valence-corrected chi connectivity index (χ0v) is 12.1. The highest BCUT2D eigenvalue weighted by Gasteiger charge is 2.14. The van der Waals surface area contributed by atoms with Crippen molar-refractivity contribution in [2.45, 2.75) is 6.61 Å². The molecule has 19 heavy (non-hydrogen) atoms. The van der Waals surface area contributed by atoms with Crippen molar-refractivity contribution < 1.29 is 14.6 Å². The Kier molecular flexibility index (Phi) is 4.45. The van der Waals surface area contributed by atoms with Crippen LogP contribution in [0.25, 0.3) is 0 Å². The first-order valence-electron chi connectivity index (χ1n) is 5.47. The van der Waals surface area contributed by atoms with Gasteiger partial charge in [0, 0.05) is 10.0 Å². The third-order valence-corrected chi connectivity index (χ3v) is 3.60. The zero-order chi connectivity index (χ0) is 13.8. The van der Waals surface area contributed by atoms with Crippen molar-refractivity contribution in [1.29, 1.82) is 0 Å². The Balaban J connectivity index is 2.25. The molecule has 2 aromatic carbocycles. The first kappa shape index (κ1) is 13.9. The van der Waals surface area contributed by atoms with Crippen LogP contribution in [-0.4, -0.2) is 11.1 Å². The van der Waals surface area contributed by atoms with E-state index in [1.54, 1.807) is 12.1 Å². The van der Waals surface area contributed by atoms with E-state index in [0.29, 0.717) is 0 Å². The lowest BCUT2D eigenvalue weighted by molar-refractivity contribution is 0.0691. The standard InChI is InChI=1S/C14H10BrClO3/c15-11-6-2-1-4-9(11)8-19-13-10(14(17)18)5-3-7-12(13)16/h1-7H,8H2,(H,17,18). The fraction of sp³-hybridized carbons (Fsp3) is 0.0714. The molecule has 5 heteroatoms. The number of carboxylic acids is 1. The average molecular weight is 342 g/mol. The summed E-state index contributed by atoms with van der Waals surface area (Å²) >= 11 is 9.39. The van der Waals surface area contributed by atoms with Crippen LogP contribution < -0.4 is 4.74 Å². The van der Waals surface area contributed by atoms with Crippen LogP contribution in [0.1, 0.15) is 15.9 Å². The van der Waals surface area contributed by atoms with Crippen LogP contribution >= 0.6 is 27.5 Å². The highest BCUT2D eigenvalue weighted by atomic mass is 79.9. The van der Waals surface area contributed by atoms with Crippen molar-refractivity contribution in [3.05, 3.63) is 63.1 Å². The minimum Gasteiger partial charge on any atom is -0.486 e. The molecule has 2 aromatic rings. The maximum Gasteiger partial charge on any atom is 0.339 e. The van der Waals surface area contributed by atoms with Gasteiger partial charge in [0.1, 0.15) is 12.2 Å². The predicted octanol–water partition coefficient (Wildman–Crippen LogP) is 4.38. The number of halogens is 2. The quantitative estimate of drug-likeness (QED) is 0.897. The Morgan fingerprint density at radius 2 is 1.95 bits per heavy atom. The zero-order valence-electron chi connectivity index (χ0n) is 9.77. The summed E-state index contributed by atoms with van der Waals surface area (Å²) in [6.07, 6.45) is 0. The number of carboxylic acid groups (broad SMARTS) is 1. The van der Waals surface area contributed by atoms with E-state index in [0.717, 1.165) is 10.0 Å². The summed E-state index contributed by atoms with van der Waals surface area (Å²) in [6.45, 7) is 0.242. The second-order valence-electron chi connectivity index (χ2n) is 3.80. The molecule has 0 aromatic heterocycles. The molecule has 0 spiro atoms. The molecule has 0 radical (unpaired) electrons. The van der Waals surface area contributed by atoms with Gasteiger partial charge in [0.15, 0.2) is 5.75 Å². The summed E-state index contributed by atoms with van der Waals surface area (Å²) in [7, 11) is 0. The van der Waals surface area contributed by atoms with Gasteiger partial charge < -0.3 is 9.84 Å². The molecule has 3 nitrogen and oxygen atoms in total. The van der Waals surface area contributed by atoms with Crippen LogP contribution in [0.3, 0.4) is 0 Å². The van der Waals surface area contributed by atoms with E-state index in [2.05, 4.69) is 15.9 Å². The molecule has 0 unspecified atom stereocenters. The summed E-state index contributed by atoms with van der Waals surface area (Å²) in [5, 5.41) is 9.38. The third-order valence-electron chi connectivity index (χ3n) is 2.53. The number of para-hydroxylation sites is 1. The van der Waals surface area contributed by atoms with Gasteiger partial charge in [-0.1, -0.05) is 51.8 Å². The number of hydrogen-bond donors (Lipinski definition) is 1. The van der Waals surface area contributed by atoms with E-state index in [-0.39, 0.29) is 22.9 Å². The van der Waals surface area contributed by atoms with Gasteiger partial charge >= 0.3 is 5.97 Å². The number of hydrogen-bond acceptors (Lipinski definition) is 2. The SMILES string of the molecule is O=C(O)c1cccc(Cl)c1OCc1ccccc1Br. The molecule has 0 aliphatic rings. The first-order chi connectivity index (χ1) is 9.09. The van der Waals surface area contributed by atoms with Gasteiger partial charge in [0.2, 0.25) is 0 Å². The second kappa shape index (κ2) is 6.08. The highest BCUT2D eigenvalue weighted by Crippen LogP contribution is 2.30. The topological polar surface area (TPSA) is 46.5 Å². The van der Waals surface area contributed by atoms with Crippen LogP contribution in [0.15, 0.2) is 46.9 Å². The summed E-state index contributed by atoms with van der Waals surface area (Å²) in [6, 6.07) is 12.2. The number of carbonyl (C=O) groups is 1. The highest BCUT2D eigenvalue weighted by molar-refractivity contribution is 9.10. The molecule has 0 aliphatic carbocycles. The lowest BCUT2D eigenvalue weighted by Crippen LogP contribution is -2.04. The number of ether oxygens (including phenoxy) is 1. The van der Waals surface area contributed by atoms with Crippen molar-refractivity contribution >= 4 is 33.5 Å². The molecule has 0 heterocycles. The molecule has 0 aliphatic heterocycles. The minimum atomic E-state index is -1.07. The molecular formula is C14H10BrClO3. The monoisotopic (exact) mass is 340 g/mol. The normalized spacial score (nSPS) is 10.2. The van der Waals surface area contributed by atoms with Gasteiger partial charge in [-0.25, -0.2) is 4.79 Å². The molecule has 0 amide bonds. The lowest BCUT2D eigenvalue weighted by Gasteiger charge is -2.11. The Bertz CT molecular complexity index is 613. The molecular weight excluding hydrogens is 332 g/mol. The predicted molar refractivity (Wildman–Crippen MR) is 76.9 cm³/mol. The van der Waals surface area contributed by atoms with Gasteiger partial charge in [0.05, 0.1) is 5.02 Å². The van der Waals surface area contributed by atoms with Crippen molar-refractivity contribution in [2.75, 3.05) is 0 Å². The average Bonchev–Trinajstić information content (AvgIpc) is 2.38. The van der Waals surface area contributed by atoms with E-state index in [1.807, 2.05) is 24.3 Å². The Hall–Kier alpha value is -1.52. The molecule has 0 saturated heterocycles. The van der Waals surface area contributed by atoms with Crippen LogP contribution in [0, 0.1) is 0 Å². The second-order valence-corrected chi connectivity index (χ2v) is 5.06. The summed E-state index contributed by atoms with van der Waals surface area (Å²) in [5.41, 5.74) is 0.971.